The molecule has 0 bridgehead atoms. The van der Waals surface area contributed by atoms with Gasteiger partial charge in [0.1, 0.15) is 11.6 Å². The number of esters is 1. The first-order valence-corrected chi connectivity index (χ1v) is 6.48. The second-order valence-electron chi connectivity index (χ2n) is 3.71. The van der Waals surface area contributed by atoms with Crippen molar-refractivity contribution in [2.24, 2.45) is 0 Å². The molecule has 2 N–H and O–H groups in total. The molecular weight excluding hydrogens is 353 g/mol. The Morgan fingerprint density at radius 2 is 2.15 bits per heavy atom. The number of hydrogen-bond donors (Lipinski definition) is 1. The second-order valence-corrected chi connectivity index (χ2v) is 4.94. The van der Waals surface area contributed by atoms with Crippen LogP contribution in [0.5, 0.6) is 0 Å². The van der Waals surface area contributed by atoms with E-state index in [4.69, 9.17) is 17.3 Å². The molecule has 0 atom stereocenters. The van der Waals surface area contributed by atoms with Gasteiger partial charge in [0.25, 0.3) is 0 Å². The molecule has 0 aliphatic rings. The topological polar surface area (TPSA) is 78.1 Å². The number of halogens is 3. The molecule has 5 nitrogen and oxygen atoms in total. The minimum atomic E-state index is -0.707. The fraction of sp³-hybridized carbons (Fsp3) is 0.0833. The Balaban J connectivity index is 2.63. The summed E-state index contributed by atoms with van der Waals surface area (Å²) in [5.74, 6) is -1.35. The van der Waals surface area contributed by atoms with Gasteiger partial charge in [-0.2, -0.15) is 0 Å². The smallest absolute Gasteiger partial charge is 0.358 e. The van der Waals surface area contributed by atoms with E-state index in [0.29, 0.717) is 0 Å². The highest BCUT2D eigenvalue weighted by Gasteiger charge is 2.19. The highest BCUT2D eigenvalue weighted by molar-refractivity contribution is 9.10. The molecule has 20 heavy (non-hydrogen) atoms. The SMILES string of the molecule is COC(=O)c1nc(-c2ccc(Cl)cc2F)nc(N)c1Br. The summed E-state index contributed by atoms with van der Waals surface area (Å²) in [7, 11) is 1.20. The third-order valence-electron chi connectivity index (χ3n) is 2.43. The van der Waals surface area contributed by atoms with Crippen molar-refractivity contribution < 1.29 is 13.9 Å². The maximum absolute atomic E-state index is 13.8. The van der Waals surface area contributed by atoms with Crippen LogP contribution in [0.1, 0.15) is 10.5 Å². The Morgan fingerprint density at radius 3 is 2.75 bits per heavy atom. The van der Waals surface area contributed by atoms with Crippen LogP contribution < -0.4 is 5.73 Å². The van der Waals surface area contributed by atoms with E-state index in [9.17, 15) is 9.18 Å². The average molecular weight is 361 g/mol. The van der Waals surface area contributed by atoms with Gasteiger partial charge < -0.3 is 10.5 Å². The van der Waals surface area contributed by atoms with Crippen LogP contribution in [-0.2, 0) is 4.74 Å². The highest BCUT2D eigenvalue weighted by atomic mass is 79.9. The lowest BCUT2D eigenvalue weighted by Gasteiger charge is -2.08. The molecule has 1 aromatic heterocycles. The van der Waals surface area contributed by atoms with Gasteiger partial charge in [-0.3, -0.25) is 0 Å². The molecule has 1 heterocycles. The monoisotopic (exact) mass is 359 g/mol. The quantitative estimate of drug-likeness (QED) is 0.833. The van der Waals surface area contributed by atoms with Gasteiger partial charge in [-0.25, -0.2) is 19.2 Å². The lowest BCUT2D eigenvalue weighted by atomic mass is 10.2. The number of methoxy groups -OCH3 is 1. The number of anilines is 1. The Hall–Kier alpha value is -1.73. The molecule has 2 aromatic rings. The maximum Gasteiger partial charge on any atom is 0.358 e. The van der Waals surface area contributed by atoms with E-state index in [-0.39, 0.29) is 32.4 Å². The van der Waals surface area contributed by atoms with Gasteiger partial charge in [-0.1, -0.05) is 11.6 Å². The molecule has 0 radical (unpaired) electrons. The third kappa shape index (κ3) is 2.73. The molecule has 0 amide bonds. The number of benzene rings is 1. The van der Waals surface area contributed by atoms with E-state index < -0.39 is 11.8 Å². The zero-order valence-electron chi connectivity index (χ0n) is 10.2. The summed E-state index contributed by atoms with van der Waals surface area (Å²) in [6.45, 7) is 0. The van der Waals surface area contributed by atoms with Crippen molar-refractivity contribution in [2.75, 3.05) is 12.8 Å². The molecule has 0 spiro atoms. The maximum atomic E-state index is 13.8. The number of ether oxygens (including phenoxy) is 1. The predicted octanol–water partition coefficient (Wildman–Crippen LogP) is 3.07. The average Bonchev–Trinajstić information content (AvgIpc) is 2.41. The van der Waals surface area contributed by atoms with Crippen LogP contribution in [-0.4, -0.2) is 23.0 Å². The number of nitrogens with two attached hydrogens (primary N) is 1. The fourth-order valence-corrected chi connectivity index (χ4v) is 1.99. The van der Waals surface area contributed by atoms with E-state index in [2.05, 4.69) is 30.6 Å². The van der Waals surface area contributed by atoms with E-state index in [0.717, 1.165) is 6.07 Å². The molecule has 0 fully saturated rings. The lowest BCUT2D eigenvalue weighted by Crippen LogP contribution is -2.10. The Morgan fingerprint density at radius 1 is 1.45 bits per heavy atom. The summed E-state index contributed by atoms with van der Waals surface area (Å²) in [5, 5.41) is 0.240. The first-order chi connectivity index (χ1) is 9.43. The molecule has 104 valence electrons. The summed E-state index contributed by atoms with van der Waals surface area (Å²) in [5.41, 5.74) is 5.68. The standard InChI is InChI=1S/C12H8BrClFN3O2/c1-20-12(19)9-8(13)10(16)18-11(17-9)6-3-2-5(14)4-7(6)15/h2-4H,1H3,(H2,16,17,18). The molecule has 2 rings (SSSR count). The van der Waals surface area contributed by atoms with Crippen LogP contribution in [0.4, 0.5) is 10.2 Å². The van der Waals surface area contributed by atoms with Crippen LogP contribution in [0, 0.1) is 5.82 Å². The zero-order chi connectivity index (χ0) is 14.9. The summed E-state index contributed by atoms with van der Waals surface area (Å²) in [4.78, 5) is 19.5. The minimum absolute atomic E-state index is 0.00440. The normalized spacial score (nSPS) is 10.4. The number of carbonyl (C=O) groups excluding carboxylic acids is 1. The number of nitrogens with zero attached hydrogens (tertiary/aromatic N) is 2. The molecule has 0 aliphatic carbocycles. The van der Waals surface area contributed by atoms with Crippen molar-refractivity contribution in [2.45, 2.75) is 0 Å². The predicted molar refractivity (Wildman–Crippen MR) is 75.9 cm³/mol. The van der Waals surface area contributed by atoms with Gasteiger partial charge in [0.05, 0.1) is 17.1 Å². The van der Waals surface area contributed by atoms with Crippen molar-refractivity contribution >= 4 is 39.3 Å². The Kier molecular flexibility index (Phi) is 4.20. The van der Waals surface area contributed by atoms with Gasteiger partial charge in [0.2, 0.25) is 0 Å². The fourth-order valence-electron chi connectivity index (χ4n) is 1.49. The number of rotatable bonds is 2. The Labute approximate surface area is 127 Å². The number of carbonyl (C=O) groups is 1. The van der Waals surface area contributed by atoms with Gasteiger partial charge in [-0.05, 0) is 34.1 Å². The van der Waals surface area contributed by atoms with Crippen molar-refractivity contribution in [3.8, 4) is 11.4 Å². The van der Waals surface area contributed by atoms with E-state index in [1.54, 1.807) is 0 Å². The van der Waals surface area contributed by atoms with Gasteiger partial charge in [0.15, 0.2) is 11.5 Å². The number of aromatic nitrogens is 2. The summed E-state index contributed by atoms with van der Waals surface area (Å²) in [6.07, 6.45) is 0. The largest absolute Gasteiger partial charge is 0.464 e. The van der Waals surface area contributed by atoms with Crippen molar-refractivity contribution in [1.82, 2.24) is 9.97 Å². The van der Waals surface area contributed by atoms with Gasteiger partial charge in [0, 0.05) is 5.02 Å². The van der Waals surface area contributed by atoms with Crippen molar-refractivity contribution in [3.63, 3.8) is 0 Å². The zero-order valence-corrected chi connectivity index (χ0v) is 12.5. The second kappa shape index (κ2) is 5.72. The van der Waals surface area contributed by atoms with Crippen LogP contribution in [0.2, 0.25) is 5.02 Å². The van der Waals surface area contributed by atoms with Crippen molar-refractivity contribution in [3.05, 3.63) is 39.2 Å². The number of hydrogen-bond acceptors (Lipinski definition) is 5. The van der Waals surface area contributed by atoms with Crippen LogP contribution in [0.25, 0.3) is 11.4 Å². The Bertz CT molecular complexity index is 697. The third-order valence-corrected chi connectivity index (χ3v) is 3.44. The molecular formula is C12H8BrClFN3O2. The highest BCUT2D eigenvalue weighted by Crippen LogP contribution is 2.28. The van der Waals surface area contributed by atoms with Crippen LogP contribution in [0.3, 0.4) is 0 Å². The molecule has 1 aromatic carbocycles. The summed E-state index contributed by atoms with van der Waals surface area (Å²) >= 11 is 8.77. The molecule has 8 heteroatoms. The summed E-state index contributed by atoms with van der Waals surface area (Å²) in [6, 6.07) is 4.01. The van der Waals surface area contributed by atoms with Crippen LogP contribution in [0.15, 0.2) is 22.7 Å². The molecule has 0 aliphatic heterocycles. The van der Waals surface area contributed by atoms with Gasteiger partial charge in [-0.15, -0.1) is 0 Å². The minimum Gasteiger partial charge on any atom is -0.464 e. The molecule has 0 saturated carbocycles. The first kappa shape index (κ1) is 14.7. The van der Waals surface area contributed by atoms with E-state index in [1.807, 2.05) is 0 Å². The van der Waals surface area contributed by atoms with Crippen LogP contribution >= 0.6 is 27.5 Å². The molecule has 0 unspecified atom stereocenters. The first-order valence-electron chi connectivity index (χ1n) is 5.30. The molecule has 0 saturated heterocycles. The van der Waals surface area contributed by atoms with Crippen molar-refractivity contribution in [1.29, 1.82) is 0 Å². The van der Waals surface area contributed by atoms with Gasteiger partial charge >= 0.3 is 5.97 Å². The lowest BCUT2D eigenvalue weighted by molar-refractivity contribution is 0.0593. The van der Waals surface area contributed by atoms with E-state index >= 15 is 0 Å². The summed E-state index contributed by atoms with van der Waals surface area (Å²) < 4.78 is 18.6. The van der Waals surface area contributed by atoms with E-state index in [1.165, 1.54) is 19.2 Å². The number of nitrogen functional groups attached to an aromatic ring is 1.